The van der Waals surface area contributed by atoms with Gasteiger partial charge in [-0.25, -0.2) is 0 Å². The van der Waals surface area contributed by atoms with E-state index >= 15 is 0 Å². The molecule has 82 valence electrons. The van der Waals surface area contributed by atoms with Gasteiger partial charge in [-0.15, -0.1) is 0 Å². The summed E-state index contributed by atoms with van der Waals surface area (Å²) in [5.74, 6) is 1.51. The molecule has 0 aromatic rings. The summed E-state index contributed by atoms with van der Waals surface area (Å²) in [6, 6.07) is 0. The van der Waals surface area contributed by atoms with Gasteiger partial charge in [-0.05, 0) is 42.9 Å². The van der Waals surface area contributed by atoms with Gasteiger partial charge < -0.3 is 5.11 Å². The minimum absolute atomic E-state index is 0.00292. The first-order valence-corrected chi connectivity index (χ1v) is 6.34. The highest BCUT2D eigenvalue weighted by molar-refractivity contribution is 4.98. The third-order valence-corrected chi connectivity index (χ3v) is 4.60. The van der Waals surface area contributed by atoms with Crippen molar-refractivity contribution in [3.05, 3.63) is 0 Å². The van der Waals surface area contributed by atoms with Crippen molar-refractivity contribution >= 4 is 0 Å². The summed E-state index contributed by atoms with van der Waals surface area (Å²) in [4.78, 5) is 0. The molecule has 0 aromatic heterocycles. The fraction of sp³-hybridized carbons (Fsp3) is 1.00. The molecule has 0 aromatic carbocycles. The summed E-state index contributed by atoms with van der Waals surface area (Å²) in [6.07, 6.45) is 9.10. The van der Waals surface area contributed by atoms with E-state index in [0.717, 1.165) is 5.92 Å². The molecule has 2 fully saturated rings. The van der Waals surface area contributed by atoms with Gasteiger partial charge in [0.05, 0.1) is 6.10 Å². The van der Waals surface area contributed by atoms with Crippen LogP contribution in [-0.2, 0) is 0 Å². The topological polar surface area (TPSA) is 20.2 Å². The number of aliphatic hydroxyl groups excluding tert-OH is 1. The first-order chi connectivity index (χ1) is 6.65. The first kappa shape index (κ1) is 10.5. The summed E-state index contributed by atoms with van der Waals surface area (Å²) in [7, 11) is 0. The molecule has 14 heavy (non-hydrogen) atoms. The van der Waals surface area contributed by atoms with Crippen LogP contribution >= 0.6 is 0 Å². The molecule has 3 atom stereocenters. The van der Waals surface area contributed by atoms with E-state index in [9.17, 15) is 5.11 Å². The second-order valence-corrected chi connectivity index (χ2v) is 5.80. The van der Waals surface area contributed by atoms with E-state index in [2.05, 4.69) is 13.8 Å². The standard InChI is InChI=1S/C13H24O/c1-3-10-5-4-6-11(9-10)12(14)13(2)7-8-13/h10-12,14H,3-9H2,1-2H3. The Morgan fingerprint density at radius 2 is 2.07 bits per heavy atom. The zero-order chi connectivity index (χ0) is 10.2. The molecule has 0 spiro atoms. The summed E-state index contributed by atoms with van der Waals surface area (Å²) in [5.41, 5.74) is 0.306. The summed E-state index contributed by atoms with van der Waals surface area (Å²) >= 11 is 0. The van der Waals surface area contributed by atoms with Crippen molar-refractivity contribution in [2.75, 3.05) is 0 Å². The van der Waals surface area contributed by atoms with Gasteiger partial charge in [0.15, 0.2) is 0 Å². The summed E-state index contributed by atoms with van der Waals surface area (Å²) in [6.45, 7) is 4.55. The molecule has 2 aliphatic rings. The molecule has 0 saturated heterocycles. The van der Waals surface area contributed by atoms with Crippen LogP contribution in [0, 0.1) is 17.3 Å². The lowest BCUT2D eigenvalue weighted by atomic mass is 9.74. The smallest absolute Gasteiger partial charge is 0.0622 e. The van der Waals surface area contributed by atoms with Crippen molar-refractivity contribution < 1.29 is 5.11 Å². The number of hydrogen-bond donors (Lipinski definition) is 1. The second kappa shape index (κ2) is 3.84. The van der Waals surface area contributed by atoms with Gasteiger partial charge in [-0.2, -0.15) is 0 Å². The predicted molar refractivity (Wildman–Crippen MR) is 59.1 cm³/mol. The Labute approximate surface area is 87.9 Å². The van der Waals surface area contributed by atoms with Crippen LogP contribution in [0.15, 0.2) is 0 Å². The van der Waals surface area contributed by atoms with Crippen LogP contribution in [-0.4, -0.2) is 11.2 Å². The van der Waals surface area contributed by atoms with Gasteiger partial charge in [-0.3, -0.25) is 0 Å². The quantitative estimate of drug-likeness (QED) is 0.734. The van der Waals surface area contributed by atoms with Crippen LogP contribution in [0.1, 0.15) is 58.8 Å². The van der Waals surface area contributed by atoms with Crippen molar-refractivity contribution in [3.8, 4) is 0 Å². The van der Waals surface area contributed by atoms with Crippen LogP contribution in [0.2, 0.25) is 0 Å². The highest BCUT2D eigenvalue weighted by atomic mass is 16.3. The van der Waals surface area contributed by atoms with Gasteiger partial charge in [0.25, 0.3) is 0 Å². The number of hydrogen-bond acceptors (Lipinski definition) is 1. The third kappa shape index (κ3) is 1.98. The van der Waals surface area contributed by atoms with E-state index in [0.29, 0.717) is 11.3 Å². The summed E-state index contributed by atoms with van der Waals surface area (Å²) < 4.78 is 0. The normalized spacial score (nSPS) is 37.9. The van der Waals surface area contributed by atoms with E-state index in [1.54, 1.807) is 0 Å². The Morgan fingerprint density at radius 3 is 2.64 bits per heavy atom. The molecule has 3 unspecified atom stereocenters. The molecule has 1 N–H and O–H groups in total. The van der Waals surface area contributed by atoms with Crippen molar-refractivity contribution in [2.24, 2.45) is 17.3 Å². The zero-order valence-electron chi connectivity index (χ0n) is 9.63. The molecule has 2 rings (SSSR count). The largest absolute Gasteiger partial charge is 0.392 e. The van der Waals surface area contributed by atoms with Gasteiger partial charge >= 0.3 is 0 Å². The van der Waals surface area contributed by atoms with E-state index in [4.69, 9.17) is 0 Å². The lowest BCUT2D eigenvalue weighted by Gasteiger charge is -2.34. The molecular formula is C13H24O. The fourth-order valence-corrected chi connectivity index (χ4v) is 3.05. The Kier molecular flexibility index (Phi) is 2.88. The molecule has 0 aliphatic heterocycles. The van der Waals surface area contributed by atoms with Crippen LogP contribution in [0.3, 0.4) is 0 Å². The van der Waals surface area contributed by atoms with Crippen molar-refractivity contribution in [1.29, 1.82) is 0 Å². The SMILES string of the molecule is CCC1CCCC(C(O)C2(C)CC2)C1. The number of rotatable bonds is 3. The van der Waals surface area contributed by atoms with Crippen LogP contribution in [0.5, 0.6) is 0 Å². The average molecular weight is 196 g/mol. The summed E-state index contributed by atoms with van der Waals surface area (Å²) in [5, 5.41) is 10.3. The minimum atomic E-state index is -0.00292. The Bertz CT molecular complexity index is 195. The van der Waals surface area contributed by atoms with E-state index < -0.39 is 0 Å². The molecule has 2 saturated carbocycles. The Hall–Kier alpha value is -0.0400. The molecule has 0 heterocycles. The van der Waals surface area contributed by atoms with Gasteiger partial charge in [0.1, 0.15) is 0 Å². The molecule has 2 aliphatic carbocycles. The minimum Gasteiger partial charge on any atom is -0.392 e. The van der Waals surface area contributed by atoms with Gasteiger partial charge in [-0.1, -0.05) is 33.1 Å². The predicted octanol–water partition coefficient (Wildman–Crippen LogP) is 3.36. The number of aliphatic hydroxyl groups is 1. The highest BCUT2D eigenvalue weighted by Gasteiger charge is 2.47. The van der Waals surface area contributed by atoms with Crippen LogP contribution in [0.4, 0.5) is 0 Å². The van der Waals surface area contributed by atoms with Crippen LogP contribution in [0.25, 0.3) is 0 Å². The van der Waals surface area contributed by atoms with E-state index in [-0.39, 0.29) is 6.10 Å². The lowest BCUT2D eigenvalue weighted by Crippen LogP contribution is -2.32. The molecule has 1 nitrogen and oxygen atoms in total. The maximum atomic E-state index is 10.3. The molecule has 0 bridgehead atoms. The Morgan fingerprint density at radius 1 is 1.36 bits per heavy atom. The molecular weight excluding hydrogens is 172 g/mol. The maximum absolute atomic E-state index is 10.3. The van der Waals surface area contributed by atoms with E-state index in [1.807, 2.05) is 0 Å². The average Bonchev–Trinajstić information content (AvgIpc) is 2.97. The van der Waals surface area contributed by atoms with Crippen molar-refractivity contribution in [3.63, 3.8) is 0 Å². The van der Waals surface area contributed by atoms with Crippen LogP contribution < -0.4 is 0 Å². The first-order valence-electron chi connectivity index (χ1n) is 6.34. The van der Waals surface area contributed by atoms with Gasteiger partial charge in [0, 0.05) is 0 Å². The second-order valence-electron chi connectivity index (χ2n) is 5.80. The molecule has 0 radical (unpaired) electrons. The Balaban J connectivity index is 1.90. The lowest BCUT2D eigenvalue weighted by molar-refractivity contribution is 0.0171. The van der Waals surface area contributed by atoms with Gasteiger partial charge in [0.2, 0.25) is 0 Å². The van der Waals surface area contributed by atoms with Crippen molar-refractivity contribution in [2.45, 2.75) is 64.9 Å². The maximum Gasteiger partial charge on any atom is 0.0622 e. The highest BCUT2D eigenvalue weighted by Crippen LogP contribution is 2.52. The monoisotopic (exact) mass is 196 g/mol. The third-order valence-electron chi connectivity index (χ3n) is 4.60. The molecule has 1 heteroatoms. The molecule has 0 amide bonds. The zero-order valence-corrected chi connectivity index (χ0v) is 9.63. The van der Waals surface area contributed by atoms with E-state index in [1.165, 1.54) is 44.9 Å². The fourth-order valence-electron chi connectivity index (χ4n) is 3.05. The van der Waals surface area contributed by atoms with Crippen molar-refractivity contribution in [1.82, 2.24) is 0 Å².